The predicted octanol–water partition coefficient (Wildman–Crippen LogP) is 19.9. The lowest BCUT2D eigenvalue weighted by Crippen LogP contribution is -2.29. The summed E-state index contributed by atoms with van der Waals surface area (Å²) in [4.78, 5) is 0. The van der Waals surface area contributed by atoms with Crippen molar-refractivity contribution in [2.75, 3.05) is 39.6 Å². The maximum atomic E-state index is 7.09. The van der Waals surface area contributed by atoms with Crippen LogP contribution < -0.4 is 44.3 Å². The van der Waals surface area contributed by atoms with E-state index in [1.54, 1.807) is 0 Å². The molecule has 3 rings (SSSR count). The maximum Gasteiger partial charge on any atom is 0.131 e. The Morgan fingerprint density at radius 3 is 0.534 bits per heavy atom. The molecule has 0 spiro atoms. The second kappa shape index (κ2) is 45.1. The highest BCUT2D eigenvalue weighted by atomic mass is 31.1. The molecule has 416 valence electrons. The Morgan fingerprint density at radius 1 is 0.219 bits per heavy atom. The van der Waals surface area contributed by atoms with Crippen molar-refractivity contribution in [1.82, 2.24) is 0 Å². The normalized spacial score (nSPS) is 11.4. The molecule has 3 aromatic carbocycles. The van der Waals surface area contributed by atoms with E-state index in [-0.39, 0.29) is 0 Å². The van der Waals surface area contributed by atoms with Crippen LogP contribution in [0.4, 0.5) is 0 Å². The van der Waals surface area contributed by atoms with Crippen LogP contribution in [0.2, 0.25) is 0 Å². The fraction of sp³-hybridized carbons (Fsp3) is 0.727. The number of hydrogen-bond donors (Lipinski definition) is 0. The molecule has 0 aliphatic heterocycles. The van der Waals surface area contributed by atoms with Gasteiger partial charge in [-0.25, -0.2) is 0 Å². The van der Waals surface area contributed by atoms with E-state index < -0.39 is 7.92 Å². The molecule has 0 bridgehead atoms. The molecule has 0 unspecified atom stereocenters. The van der Waals surface area contributed by atoms with Crippen molar-refractivity contribution >= 4 is 23.8 Å². The minimum atomic E-state index is -1.52. The number of hydrogen-bond acceptors (Lipinski definition) is 6. The van der Waals surface area contributed by atoms with E-state index in [0.29, 0.717) is 39.6 Å². The van der Waals surface area contributed by atoms with E-state index in [1.165, 1.54) is 154 Å². The Morgan fingerprint density at radius 2 is 0.370 bits per heavy atom. The van der Waals surface area contributed by atoms with Crippen LogP contribution in [0.3, 0.4) is 0 Å². The van der Waals surface area contributed by atoms with Gasteiger partial charge in [0.25, 0.3) is 0 Å². The highest BCUT2D eigenvalue weighted by molar-refractivity contribution is 7.81. The molecule has 0 heterocycles. The van der Waals surface area contributed by atoms with E-state index in [1.807, 2.05) is 0 Å². The van der Waals surface area contributed by atoms with E-state index in [9.17, 15) is 0 Å². The van der Waals surface area contributed by atoms with E-state index in [4.69, 9.17) is 28.4 Å². The maximum absolute atomic E-state index is 7.09. The molecule has 0 amide bonds. The topological polar surface area (TPSA) is 55.4 Å². The summed E-state index contributed by atoms with van der Waals surface area (Å²) < 4.78 is 42.6. The lowest BCUT2D eigenvalue weighted by atomic mass is 10.1. The Labute approximate surface area is 451 Å². The summed E-state index contributed by atoms with van der Waals surface area (Å²) in [5, 5.41) is 3.19. The molecular weight excluding hydrogens is 920 g/mol. The van der Waals surface area contributed by atoms with Gasteiger partial charge in [0.2, 0.25) is 0 Å². The molecule has 73 heavy (non-hydrogen) atoms. The van der Waals surface area contributed by atoms with Crippen molar-refractivity contribution in [3.8, 4) is 34.5 Å². The fourth-order valence-corrected chi connectivity index (χ4v) is 12.4. The molecule has 0 saturated carbocycles. The molecule has 6 nitrogen and oxygen atoms in total. The summed E-state index contributed by atoms with van der Waals surface area (Å²) in [7, 11) is -1.52. The standard InChI is InChI=1S/C66H111O6P/c1-7-13-19-25-31-37-52-67-58-46-43-47-59(68-53-38-32-26-20-14-8-2)64(58)73(65-60(69-54-39-33-27-21-15-9-3)48-44-49-61(65)70-55-40-34-28-22-16-10-4)66-62(71-56-41-35-29-23-17-11-5)50-45-51-63(66)72-57-42-36-30-24-18-12-6/h43-51H,7-42,52-57H2,1-6H3. The molecular formula is C66H111O6P. The quantitative estimate of drug-likeness (QED) is 0.0415. The van der Waals surface area contributed by atoms with Gasteiger partial charge in [0.1, 0.15) is 34.5 Å². The van der Waals surface area contributed by atoms with E-state index in [2.05, 4.69) is 96.1 Å². The number of ether oxygens (including phenoxy) is 6. The average molecular weight is 1030 g/mol. The van der Waals surface area contributed by atoms with Crippen LogP contribution in [0.5, 0.6) is 34.5 Å². The van der Waals surface area contributed by atoms with Crippen LogP contribution in [-0.2, 0) is 0 Å². The summed E-state index contributed by atoms with van der Waals surface area (Å²) in [6.07, 6.45) is 43.4. The molecule has 3 aromatic rings. The van der Waals surface area contributed by atoms with Gasteiger partial charge < -0.3 is 28.4 Å². The molecule has 0 aliphatic rings. The molecule has 7 heteroatoms. The average Bonchev–Trinajstić information content (AvgIpc) is 3.40. The van der Waals surface area contributed by atoms with Crippen molar-refractivity contribution in [3.05, 3.63) is 54.6 Å². The van der Waals surface area contributed by atoms with Gasteiger partial charge in [-0.15, -0.1) is 0 Å². The van der Waals surface area contributed by atoms with Crippen LogP contribution in [0.25, 0.3) is 0 Å². The van der Waals surface area contributed by atoms with Gasteiger partial charge in [0.05, 0.1) is 55.6 Å². The van der Waals surface area contributed by atoms with E-state index >= 15 is 0 Å². The molecule has 0 atom stereocenters. The first-order valence-corrected chi connectivity index (χ1v) is 32.4. The second-order valence-electron chi connectivity index (χ2n) is 20.8. The van der Waals surface area contributed by atoms with Crippen LogP contribution in [-0.4, -0.2) is 39.6 Å². The molecule has 0 aromatic heterocycles. The first-order chi connectivity index (χ1) is 36.1. The van der Waals surface area contributed by atoms with Crippen molar-refractivity contribution < 1.29 is 28.4 Å². The van der Waals surface area contributed by atoms with Gasteiger partial charge in [-0.2, -0.15) is 0 Å². The highest BCUT2D eigenvalue weighted by Gasteiger charge is 2.35. The number of unbranched alkanes of at least 4 members (excludes halogenated alkanes) is 30. The second-order valence-corrected chi connectivity index (χ2v) is 22.9. The largest absolute Gasteiger partial charge is 0.493 e. The molecule has 0 fully saturated rings. The fourth-order valence-electron chi connectivity index (χ4n) is 9.59. The number of rotatable bonds is 51. The lowest BCUT2D eigenvalue weighted by Gasteiger charge is -2.30. The first-order valence-electron chi connectivity index (χ1n) is 31.1. The summed E-state index contributed by atoms with van der Waals surface area (Å²) in [5.41, 5.74) is 0. The van der Waals surface area contributed by atoms with Crippen molar-refractivity contribution in [2.24, 2.45) is 0 Å². The summed E-state index contributed by atoms with van der Waals surface area (Å²) in [5.74, 6) is 5.25. The summed E-state index contributed by atoms with van der Waals surface area (Å²) in [6.45, 7) is 17.6. The zero-order valence-corrected chi connectivity index (χ0v) is 49.2. The smallest absolute Gasteiger partial charge is 0.131 e. The zero-order chi connectivity index (χ0) is 52.1. The molecule has 0 radical (unpaired) electrons. The van der Waals surface area contributed by atoms with Gasteiger partial charge in [0.15, 0.2) is 0 Å². The number of benzene rings is 3. The van der Waals surface area contributed by atoms with Gasteiger partial charge in [-0.1, -0.05) is 252 Å². The van der Waals surface area contributed by atoms with Crippen LogP contribution in [0.15, 0.2) is 54.6 Å². The Hall–Kier alpha value is -3.11. The van der Waals surface area contributed by atoms with Crippen LogP contribution >= 0.6 is 7.92 Å². The Kier molecular flexibility index (Phi) is 39.7. The molecule has 0 saturated heterocycles. The van der Waals surface area contributed by atoms with Gasteiger partial charge in [-0.3, -0.25) is 0 Å². The van der Waals surface area contributed by atoms with Crippen LogP contribution in [0.1, 0.15) is 273 Å². The van der Waals surface area contributed by atoms with Crippen molar-refractivity contribution in [2.45, 2.75) is 273 Å². The first kappa shape index (κ1) is 64.2. The summed E-state index contributed by atoms with van der Waals surface area (Å²) >= 11 is 0. The monoisotopic (exact) mass is 1030 g/mol. The third kappa shape index (κ3) is 28.0. The van der Waals surface area contributed by atoms with Crippen molar-refractivity contribution in [3.63, 3.8) is 0 Å². The third-order valence-electron chi connectivity index (χ3n) is 14.1. The Bertz CT molecular complexity index is 1420. The molecule has 0 N–H and O–H groups in total. The summed E-state index contributed by atoms with van der Waals surface area (Å²) in [6, 6.07) is 19.5. The van der Waals surface area contributed by atoms with Gasteiger partial charge in [0, 0.05) is 7.92 Å². The van der Waals surface area contributed by atoms with Crippen LogP contribution in [0, 0.1) is 0 Å². The predicted molar refractivity (Wildman–Crippen MR) is 318 cm³/mol. The minimum absolute atomic E-state index is 0.651. The third-order valence-corrected chi connectivity index (χ3v) is 16.8. The SMILES string of the molecule is CCCCCCCCOc1cccc(OCCCCCCCC)c1P(c1c(OCCCCCCCC)cccc1OCCCCCCCC)c1c(OCCCCCCCC)cccc1OCCCCCCCC. The Balaban J connectivity index is 2.33. The lowest BCUT2D eigenvalue weighted by molar-refractivity contribution is 0.292. The zero-order valence-electron chi connectivity index (χ0n) is 48.3. The molecule has 0 aliphatic carbocycles. The van der Waals surface area contributed by atoms with Crippen molar-refractivity contribution in [1.29, 1.82) is 0 Å². The highest BCUT2D eigenvalue weighted by Crippen LogP contribution is 2.50. The van der Waals surface area contributed by atoms with Gasteiger partial charge >= 0.3 is 0 Å². The van der Waals surface area contributed by atoms with E-state index in [0.717, 1.165) is 127 Å². The van der Waals surface area contributed by atoms with Gasteiger partial charge in [-0.05, 0) is 74.9 Å². The minimum Gasteiger partial charge on any atom is -0.493 e.